The van der Waals surface area contributed by atoms with Crippen LogP contribution in [0.5, 0.6) is 5.75 Å². The van der Waals surface area contributed by atoms with Crippen LogP contribution in [0.2, 0.25) is 0 Å². The smallest absolute Gasteiger partial charge is 0.357 e. The Morgan fingerprint density at radius 2 is 1.88 bits per heavy atom. The summed E-state index contributed by atoms with van der Waals surface area (Å²) in [6.45, 7) is 10.1. The Labute approximate surface area is 157 Å². The molecule has 1 atom stereocenters. The van der Waals surface area contributed by atoms with Crippen molar-refractivity contribution < 1.29 is 19.1 Å². The van der Waals surface area contributed by atoms with Crippen LogP contribution in [0.3, 0.4) is 0 Å². The van der Waals surface area contributed by atoms with E-state index < -0.39 is 12.1 Å². The Balaban J connectivity index is 1.94. The second-order valence-electron chi connectivity index (χ2n) is 6.78. The first-order valence-corrected chi connectivity index (χ1v) is 9.29. The predicted molar refractivity (Wildman–Crippen MR) is 102 cm³/mol. The number of rotatable bonds is 6. The number of ether oxygens (including phenoxy) is 2. The molecule has 0 saturated carbocycles. The molecule has 0 saturated heterocycles. The monoisotopic (exact) mass is 376 g/mol. The molecule has 0 spiro atoms. The fraction of sp³-hybridized carbons (Fsp3) is 0.421. The number of nitrogens with one attached hydrogen (secondary N) is 1. The number of carbonyl (C=O) groups excluding carboxylic acids is 2. The summed E-state index contributed by atoms with van der Waals surface area (Å²) in [6.07, 6.45) is -0.703. The molecule has 1 amide bonds. The van der Waals surface area contributed by atoms with Crippen molar-refractivity contribution in [2.45, 2.75) is 46.1 Å². The number of esters is 1. The molecule has 1 heterocycles. The fourth-order valence-electron chi connectivity index (χ4n) is 2.13. The summed E-state index contributed by atoms with van der Waals surface area (Å²) in [4.78, 5) is 27.9. The molecule has 0 aliphatic carbocycles. The number of carbonyl (C=O) groups is 2. The van der Waals surface area contributed by atoms with Crippen molar-refractivity contribution in [2.24, 2.45) is 0 Å². The molecule has 0 aliphatic heterocycles. The van der Waals surface area contributed by atoms with Gasteiger partial charge in [-0.25, -0.2) is 9.78 Å². The molecule has 0 bridgehead atoms. The number of amides is 1. The predicted octanol–water partition coefficient (Wildman–Crippen LogP) is 4.02. The van der Waals surface area contributed by atoms with Gasteiger partial charge in [0.15, 0.2) is 16.9 Å². The summed E-state index contributed by atoms with van der Waals surface area (Å²) >= 11 is 1.16. The van der Waals surface area contributed by atoms with Crippen LogP contribution in [0.1, 0.15) is 50.7 Å². The van der Waals surface area contributed by atoms with Crippen molar-refractivity contribution in [3.05, 3.63) is 40.9 Å². The van der Waals surface area contributed by atoms with Crippen LogP contribution < -0.4 is 10.1 Å². The van der Waals surface area contributed by atoms with Gasteiger partial charge in [-0.05, 0) is 37.0 Å². The molecule has 2 rings (SSSR count). The summed E-state index contributed by atoms with van der Waals surface area (Å²) in [5, 5.41) is 4.53. The van der Waals surface area contributed by atoms with Crippen LogP contribution >= 0.6 is 11.3 Å². The van der Waals surface area contributed by atoms with E-state index in [0.717, 1.165) is 11.3 Å². The van der Waals surface area contributed by atoms with Crippen LogP contribution in [0.25, 0.3) is 0 Å². The zero-order valence-electron chi connectivity index (χ0n) is 15.7. The zero-order chi connectivity index (χ0) is 19.3. The van der Waals surface area contributed by atoms with Crippen LogP contribution in [-0.4, -0.2) is 29.6 Å². The first-order valence-electron chi connectivity index (χ1n) is 8.41. The van der Waals surface area contributed by atoms with Crippen LogP contribution in [0.15, 0.2) is 29.6 Å². The topological polar surface area (TPSA) is 77.5 Å². The van der Waals surface area contributed by atoms with E-state index in [1.54, 1.807) is 19.2 Å². The molecule has 1 unspecified atom stereocenters. The van der Waals surface area contributed by atoms with Crippen LogP contribution in [0.4, 0.5) is 5.13 Å². The van der Waals surface area contributed by atoms with Gasteiger partial charge in [-0.3, -0.25) is 10.1 Å². The summed E-state index contributed by atoms with van der Waals surface area (Å²) in [5.41, 5.74) is 1.43. The van der Waals surface area contributed by atoms with E-state index in [9.17, 15) is 9.59 Å². The molecule has 7 heteroatoms. The molecule has 0 fully saturated rings. The molecule has 6 nitrogen and oxygen atoms in total. The van der Waals surface area contributed by atoms with Gasteiger partial charge in [0.1, 0.15) is 5.75 Å². The lowest BCUT2D eigenvalue weighted by atomic mass is 9.87. The second kappa shape index (κ2) is 8.31. The minimum atomic E-state index is -0.703. The lowest BCUT2D eigenvalue weighted by Crippen LogP contribution is -2.30. The quantitative estimate of drug-likeness (QED) is 0.771. The van der Waals surface area contributed by atoms with E-state index >= 15 is 0 Å². The zero-order valence-corrected chi connectivity index (χ0v) is 16.5. The average Bonchev–Trinajstić information content (AvgIpc) is 3.03. The van der Waals surface area contributed by atoms with Gasteiger partial charge in [-0.2, -0.15) is 0 Å². The van der Waals surface area contributed by atoms with Gasteiger partial charge in [0.25, 0.3) is 5.91 Å². The van der Waals surface area contributed by atoms with Crippen molar-refractivity contribution in [2.75, 3.05) is 11.9 Å². The first-order chi connectivity index (χ1) is 12.2. The van der Waals surface area contributed by atoms with Gasteiger partial charge in [0.05, 0.1) is 6.61 Å². The van der Waals surface area contributed by atoms with Gasteiger partial charge in [0.2, 0.25) is 0 Å². The largest absolute Gasteiger partial charge is 0.481 e. The highest BCUT2D eigenvalue weighted by atomic mass is 32.1. The summed E-state index contributed by atoms with van der Waals surface area (Å²) in [5.74, 6) is -0.228. The number of hydrogen-bond acceptors (Lipinski definition) is 6. The highest BCUT2D eigenvalue weighted by Gasteiger charge is 2.19. The normalized spacial score (nSPS) is 12.3. The highest BCUT2D eigenvalue weighted by Crippen LogP contribution is 2.25. The van der Waals surface area contributed by atoms with E-state index in [2.05, 4.69) is 31.1 Å². The van der Waals surface area contributed by atoms with Gasteiger partial charge in [-0.1, -0.05) is 32.9 Å². The van der Waals surface area contributed by atoms with Gasteiger partial charge in [-0.15, -0.1) is 11.3 Å². The lowest BCUT2D eigenvalue weighted by molar-refractivity contribution is -0.122. The van der Waals surface area contributed by atoms with Crippen molar-refractivity contribution in [3.8, 4) is 5.75 Å². The molecule has 0 radical (unpaired) electrons. The van der Waals surface area contributed by atoms with Crippen molar-refractivity contribution in [3.63, 3.8) is 0 Å². The molecule has 140 valence electrons. The van der Waals surface area contributed by atoms with E-state index in [0.29, 0.717) is 10.9 Å². The molecule has 26 heavy (non-hydrogen) atoms. The van der Waals surface area contributed by atoms with E-state index in [1.807, 2.05) is 24.3 Å². The maximum absolute atomic E-state index is 12.3. The van der Waals surface area contributed by atoms with Crippen molar-refractivity contribution >= 4 is 28.3 Å². The molecule has 2 aromatic rings. The number of anilines is 1. The summed E-state index contributed by atoms with van der Waals surface area (Å²) < 4.78 is 10.6. The Morgan fingerprint density at radius 3 is 2.46 bits per heavy atom. The molecule has 1 N–H and O–H groups in total. The van der Waals surface area contributed by atoms with E-state index in [-0.39, 0.29) is 23.6 Å². The highest BCUT2D eigenvalue weighted by molar-refractivity contribution is 7.14. The SMILES string of the molecule is CCOC(=O)c1csc(NC(=O)C(C)Oc2ccc(C(C)(C)C)cc2)n1. The van der Waals surface area contributed by atoms with Crippen molar-refractivity contribution in [1.29, 1.82) is 0 Å². The molecular formula is C19H24N2O4S. The maximum Gasteiger partial charge on any atom is 0.357 e. The molecule has 1 aromatic heterocycles. The molecule has 1 aromatic carbocycles. The van der Waals surface area contributed by atoms with E-state index in [4.69, 9.17) is 9.47 Å². The number of thiazole rings is 1. The van der Waals surface area contributed by atoms with Gasteiger partial charge < -0.3 is 9.47 Å². The number of benzene rings is 1. The third kappa shape index (κ3) is 5.29. The van der Waals surface area contributed by atoms with Crippen molar-refractivity contribution in [1.82, 2.24) is 4.98 Å². The number of aromatic nitrogens is 1. The van der Waals surface area contributed by atoms with Crippen LogP contribution in [-0.2, 0) is 14.9 Å². The van der Waals surface area contributed by atoms with Gasteiger partial charge in [0, 0.05) is 5.38 Å². The third-order valence-electron chi connectivity index (χ3n) is 3.62. The van der Waals surface area contributed by atoms with Crippen LogP contribution in [0, 0.1) is 0 Å². The lowest BCUT2D eigenvalue weighted by Gasteiger charge is -2.20. The Hall–Kier alpha value is -2.41. The Kier molecular flexibility index (Phi) is 6.37. The maximum atomic E-state index is 12.3. The molecule has 0 aliphatic rings. The Morgan fingerprint density at radius 1 is 1.23 bits per heavy atom. The fourth-order valence-corrected chi connectivity index (χ4v) is 2.81. The Bertz CT molecular complexity index is 763. The minimum Gasteiger partial charge on any atom is -0.481 e. The summed E-state index contributed by atoms with van der Waals surface area (Å²) in [7, 11) is 0. The second-order valence-corrected chi connectivity index (χ2v) is 7.64. The average molecular weight is 376 g/mol. The summed E-state index contributed by atoms with van der Waals surface area (Å²) in [6, 6.07) is 7.69. The third-order valence-corrected chi connectivity index (χ3v) is 4.38. The number of nitrogens with zero attached hydrogens (tertiary/aromatic N) is 1. The van der Waals surface area contributed by atoms with Gasteiger partial charge >= 0.3 is 5.97 Å². The standard InChI is InChI=1S/C19H24N2O4S/c1-6-24-17(23)15-11-26-18(20-15)21-16(22)12(2)25-14-9-7-13(8-10-14)19(3,4)5/h7-12H,6H2,1-5H3,(H,20,21,22). The number of hydrogen-bond donors (Lipinski definition) is 1. The minimum absolute atomic E-state index is 0.0585. The van der Waals surface area contributed by atoms with E-state index in [1.165, 1.54) is 5.56 Å². The molecular weight excluding hydrogens is 352 g/mol. The first kappa shape index (κ1) is 19.9.